The van der Waals surface area contributed by atoms with Crippen molar-refractivity contribution in [3.05, 3.63) is 22.4 Å². The molecule has 0 aliphatic heterocycles. The maximum Gasteiger partial charge on any atom is 0.243 e. The molecule has 1 aliphatic rings. The first-order valence-corrected chi connectivity index (χ1v) is 10.1. The van der Waals surface area contributed by atoms with E-state index in [9.17, 15) is 12.8 Å². The summed E-state index contributed by atoms with van der Waals surface area (Å²) in [7, 11) is -3.90. The second-order valence-electron chi connectivity index (χ2n) is 4.96. The van der Waals surface area contributed by atoms with E-state index >= 15 is 0 Å². The first kappa shape index (κ1) is 17.1. The van der Waals surface area contributed by atoms with Crippen LogP contribution in [0.5, 0.6) is 0 Å². The van der Waals surface area contributed by atoms with Crippen molar-refractivity contribution in [3.8, 4) is 0 Å². The van der Waals surface area contributed by atoms with Gasteiger partial charge in [-0.2, -0.15) is 11.8 Å². The highest BCUT2D eigenvalue weighted by Crippen LogP contribution is 2.32. The molecule has 1 aliphatic carbocycles. The summed E-state index contributed by atoms with van der Waals surface area (Å²) >= 11 is 4.82. The minimum absolute atomic E-state index is 0.149. The standard InChI is InChI=1S/C13H18BrFN2O2S2/c1-2-20-12-5-3-4-11(12)17-21(18,19)13-7-10(16)8(14)6-9(13)15/h6-7,11-12,17H,2-5,16H2,1H3. The van der Waals surface area contributed by atoms with E-state index in [1.165, 1.54) is 0 Å². The first-order valence-electron chi connectivity index (χ1n) is 6.73. The van der Waals surface area contributed by atoms with Gasteiger partial charge in [0.1, 0.15) is 10.7 Å². The zero-order chi connectivity index (χ0) is 15.6. The average molecular weight is 397 g/mol. The lowest BCUT2D eigenvalue weighted by Gasteiger charge is -2.20. The lowest BCUT2D eigenvalue weighted by molar-refractivity contribution is 0.539. The number of benzene rings is 1. The monoisotopic (exact) mass is 396 g/mol. The van der Waals surface area contributed by atoms with Gasteiger partial charge in [0.05, 0.1) is 0 Å². The van der Waals surface area contributed by atoms with Gasteiger partial charge in [-0.3, -0.25) is 0 Å². The molecule has 0 heterocycles. The van der Waals surface area contributed by atoms with Gasteiger partial charge in [0.2, 0.25) is 10.0 Å². The van der Waals surface area contributed by atoms with Crippen LogP contribution in [-0.2, 0) is 10.0 Å². The molecule has 1 aromatic rings. The minimum atomic E-state index is -3.90. The maximum atomic E-state index is 13.9. The molecule has 0 aromatic heterocycles. The van der Waals surface area contributed by atoms with Crippen LogP contribution in [0.15, 0.2) is 21.5 Å². The fraction of sp³-hybridized carbons (Fsp3) is 0.538. The molecule has 4 nitrogen and oxygen atoms in total. The van der Waals surface area contributed by atoms with Gasteiger partial charge in [-0.15, -0.1) is 0 Å². The minimum Gasteiger partial charge on any atom is -0.398 e. The van der Waals surface area contributed by atoms with E-state index in [1.54, 1.807) is 11.8 Å². The topological polar surface area (TPSA) is 72.2 Å². The lowest BCUT2D eigenvalue weighted by Crippen LogP contribution is -2.39. The Morgan fingerprint density at radius 2 is 2.19 bits per heavy atom. The number of nitrogens with two attached hydrogens (primary N) is 1. The summed E-state index contributed by atoms with van der Waals surface area (Å²) in [6.45, 7) is 2.05. The summed E-state index contributed by atoms with van der Waals surface area (Å²) in [6, 6.07) is 2.08. The number of anilines is 1. The normalized spacial score (nSPS) is 22.6. The molecule has 0 radical (unpaired) electrons. The predicted octanol–water partition coefficient (Wildman–Crippen LogP) is 3.12. The smallest absolute Gasteiger partial charge is 0.243 e. The highest BCUT2D eigenvalue weighted by atomic mass is 79.9. The molecule has 0 amide bonds. The fourth-order valence-electron chi connectivity index (χ4n) is 2.49. The molecule has 2 rings (SSSR count). The largest absolute Gasteiger partial charge is 0.398 e. The summed E-state index contributed by atoms with van der Waals surface area (Å²) in [5.74, 6) is 0.129. The number of thioether (sulfide) groups is 1. The van der Waals surface area contributed by atoms with Crippen LogP contribution in [0.25, 0.3) is 0 Å². The second-order valence-corrected chi connectivity index (χ2v) is 9.01. The predicted molar refractivity (Wildman–Crippen MR) is 88.4 cm³/mol. The molecule has 0 saturated heterocycles. The van der Waals surface area contributed by atoms with Crippen LogP contribution in [0.2, 0.25) is 0 Å². The summed E-state index contributed by atoms with van der Waals surface area (Å²) < 4.78 is 41.7. The van der Waals surface area contributed by atoms with Crippen molar-refractivity contribution in [2.75, 3.05) is 11.5 Å². The Kier molecular flexibility index (Phi) is 5.56. The van der Waals surface area contributed by atoms with E-state index < -0.39 is 20.7 Å². The van der Waals surface area contributed by atoms with E-state index in [0.717, 1.165) is 37.1 Å². The van der Waals surface area contributed by atoms with Crippen LogP contribution < -0.4 is 10.5 Å². The number of rotatable bonds is 5. The van der Waals surface area contributed by atoms with Crippen molar-refractivity contribution >= 4 is 43.4 Å². The van der Waals surface area contributed by atoms with Crippen LogP contribution in [-0.4, -0.2) is 25.5 Å². The van der Waals surface area contributed by atoms with Gasteiger partial charge in [-0.1, -0.05) is 13.3 Å². The molecule has 118 valence electrons. The van der Waals surface area contributed by atoms with Crippen molar-refractivity contribution in [1.29, 1.82) is 0 Å². The van der Waals surface area contributed by atoms with Crippen molar-refractivity contribution in [1.82, 2.24) is 4.72 Å². The Morgan fingerprint density at radius 1 is 1.48 bits per heavy atom. The number of hydrogen-bond acceptors (Lipinski definition) is 4. The third-order valence-corrected chi connectivity index (χ3v) is 7.00. The number of sulfonamides is 1. The fourth-order valence-corrected chi connectivity index (χ4v) is 5.49. The summed E-state index contributed by atoms with van der Waals surface area (Å²) in [4.78, 5) is -0.393. The van der Waals surface area contributed by atoms with Crippen LogP contribution in [0.3, 0.4) is 0 Å². The van der Waals surface area contributed by atoms with Crippen molar-refractivity contribution in [2.45, 2.75) is 42.4 Å². The summed E-state index contributed by atoms with van der Waals surface area (Å²) in [6.07, 6.45) is 2.75. The zero-order valence-electron chi connectivity index (χ0n) is 11.6. The van der Waals surface area contributed by atoms with Gasteiger partial charge in [0.25, 0.3) is 0 Å². The third-order valence-electron chi connectivity index (χ3n) is 3.48. The SMILES string of the molecule is CCSC1CCCC1NS(=O)(=O)c1cc(N)c(Br)cc1F. The molecular weight excluding hydrogens is 379 g/mol. The maximum absolute atomic E-state index is 13.9. The molecule has 21 heavy (non-hydrogen) atoms. The van der Waals surface area contributed by atoms with E-state index in [2.05, 4.69) is 20.7 Å². The van der Waals surface area contributed by atoms with Crippen LogP contribution in [0.1, 0.15) is 26.2 Å². The van der Waals surface area contributed by atoms with E-state index in [1.807, 2.05) is 6.92 Å². The van der Waals surface area contributed by atoms with Crippen molar-refractivity contribution < 1.29 is 12.8 Å². The summed E-state index contributed by atoms with van der Waals surface area (Å²) in [5.41, 5.74) is 5.86. The van der Waals surface area contributed by atoms with E-state index in [0.29, 0.717) is 4.47 Å². The summed E-state index contributed by atoms with van der Waals surface area (Å²) in [5, 5.41) is 0.251. The van der Waals surface area contributed by atoms with Gasteiger partial charge in [0.15, 0.2) is 0 Å². The third kappa shape index (κ3) is 3.91. The number of nitrogen functional groups attached to an aromatic ring is 1. The Hall–Kier alpha value is -0.310. The lowest BCUT2D eigenvalue weighted by atomic mass is 10.3. The number of halogens is 2. The molecule has 3 N–H and O–H groups in total. The number of nitrogens with one attached hydrogen (secondary N) is 1. The molecule has 1 saturated carbocycles. The molecular formula is C13H18BrFN2O2S2. The average Bonchev–Trinajstić information content (AvgIpc) is 2.81. The molecule has 0 bridgehead atoms. The van der Waals surface area contributed by atoms with Gasteiger partial charge in [0, 0.05) is 21.5 Å². The quantitative estimate of drug-likeness (QED) is 0.749. The van der Waals surface area contributed by atoms with Crippen LogP contribution in [0.4, 0.5) is 10.1 Å². The van der Waals surface area contributed by atoms with Crippen LogP contribution in [0, 0.1) is 5.82 Å². The number of hydrogen-bond donors (Lipinski definition) is 2. The highest BCUT2D eigenvalue weighted by Gasteiger charge is 2.32. The Labute approximate surface area is 137 Å². The van der Waals surface area contributed by atoms with Crippen LogP contribution >= 0.6 is 27.7 Å². The van der Waals surface area contributed by atoms with E-state index in [4.69, 9.17) is 5.73 Å². The molecule has 0 spiro atoms. The first-order chi connectivity index (χ1) is 9.85. The molecule has 1 fully saturated rings. The molecule has 2 unspecified atom stereocenters. The molecule has 1 aromatic carbocycles. The van der Waals surface area contributed by atoms with Gasteiger partial charge >= 0.3 is 0 Å². The zero-order valence-corrected chi connectivity index (χ0v) is 14.8. The Morgan fingerprint density at radius 3 is 2.86 bits per heavy atom. The Bertz CT molecular complexity index is 625. The molecule has 8 heteroatoms. The molecule has 2 atom stereocenters. The van der Waals surface area contributed by atoms with Gasteiger partial charge in [-0.05, 0) is 46.7 Å². The van der Waals surface area contributed by atoms with Gasteiger partial charge < -0.3 is 5.73 Å². The second kappa shape index (κ2) is 6.85. The van der Waals surface area contributed by atoms with Crippen molar-refractivity contribution in [3.63, 3.8) is 0 Å². The van der Waals surface area contributed by atoms with Gasteiger partial charge in [-0.25, -0.2) is 17.5 Å². The Balaban J connectivity index is 2.24. The highest BCUT2D eigenvalue weighted by molar-refractivity contribution is 9.10. The van der Waals surface area contributed by atoms with E-state index in [-0.39, 0.29) is 17.0 Å². The van der Waals surface area contributed by atoms with Crippen molar-refractivity contribution in [2.24, 2.45) is 0 Å².